The highest BCUT2D eigenvalue weighted by molar-refractivity contribution is 7.98. The highest BCUT2D eigenvalue weighted by atomic mass is 32.2. The van der Waals surface area contributed by atoms with E-state index in [4.69, 9.17) is 0 Å². The maximum absolute atomic E-state index is 12.6. The van der Waals surface area contributed by atoms with Crippen molar-refractivity contribution in [3.8, 4) is 0 Å². The fraction of sp³-hybridized carbons (Fsp3) is 0.278. The largest absolute Gasteiger partial charge is 0.325 e. The number of rotatable bonds is 8. The lowest BCUT2D eigenvalue weighted by Gasteiger charge is -2.18. The zero-order valence-corrected chi connectivity index (χ0v) is 15.9. The lowest BCUT2D eigenvalue weighted by molar-refractivity contribution is -0.117. The van der Waals surface area contributed by atoms with Crippen molar-refractivity contribution in [2.75, 3.05) is 17.3 Å². The van der Waals surface area contributed by atoms with Crippen molar-refractivity contribution < 1.29 is 13.2 Å². The number of benzene rings is 2. The highest BCUT2D eigenvalue weighted by Gasteiger charge is 2.25. The Balaban J connectivity index is 2.15. The van der Waals surface area contributed by atoms with Crippen molar-refractivity contribution in [3.05, 3.63) is 60.2 Å². The summed E-state index contributed by atoms with van der Waals surface area (Å²) in [6.07, 6.45) is 2.32. The molecule has 5 nitrogen and oxygen atoms in total. The third-order valence-electron chi connectivity index (χ3n) is 3.60. The SMILES string of the molecule is CSCC[C@@H](NS(=O)(=O)c1ccc(C)cc1)C(=O)Nc1ccccc1. The Morgan fingerprint density at radius 1 is 1.08 bits per heavy atom. The smallest absolute Gasteiger partial charge is 0.242 e. The molecule has 7 heteroatoms. The Kier molecular flexibility index (Phi) is 7.04. The van der Waals surface area contributed by atoms with Gasteiger partial charge in [0.2, 0.25) is 15.9 Å². The van der Waals surface area contributed by atoms with E-state index < -0.39 is 16.1 Å². The molecule has 0 spiro atoms. The molecule has 0 saturated heterocycles. The van der Waals surface area contributed by atoms with Crippen LogP contribution in [0.3, 0.4) is 0 Å². The van der Waals surface area contributed by atoms with E-state index in [1.165, 1.54) is 0 Å². The lowest BCUT2D eigenvalue weighted by atomic mass is 10.2. The van der Waals surface area contributed by atoms with Crippen LogP contribution in [0.15, 0.2) is 59.5 Å². The van der Waals surface area contributed by atoms with E-state index >= 15 is 0 Å². The summed E-state index contributed by atoms with van der Waals surface area (Å²) in [6.45, 7) is 1.89. The molecule has 2 aromatic carbocycles. The Bertz CT molecular complexity index is 791. The highest BCUT2D eigenvalue weighted by Crippen LogP contribution is 2.14. The first-order valence-electron chi connectivity index (χ1n) is 7.86. The maximum Gasteiger partial charge on any atom is 0.242 e. The number of carbonyl (C=O) groups is 1. The molecule has 2 rings (SSSR count). The third-order valence-corrected chi connectivity index (χ3v) is 5.73. The molecule has 0 fully saturated rings. The number of hydrogen-bond donors (Lipinski definition) is 2. The molecule has 1 amide bonds. The van der Waals surface area contributed by atoms with E-state index in [0.29, 0.717) is 17.9 Å². The normalized spacial score (nSPS) is 12.6. The van der Waals surface area contributed by atoms with Gasteiger partial charge in [-0.15, -0.1) is 0 Å². The molecule has 0 heterocycles. The first kappa shape index (κ1) is 19.5. The molecule has 2 N–H and O–H groups in total. The number of thioether (sulfide) groups is 1. The Morgan fingerprint density at radius 3 is 2.32 bits per heavy atom. The van der Waals surface area contributed by atoms with Gasteiger partial charge in [-0.1, -0.05) is 35.9 Å². The van der Waals surface area contributed by atoms with Gasteiger partial charge >= 0.3 is 0 Å². The van der Waals surface area contributed by atoms with Crippen LogP contribution in [0.1, 0.15) is 12.0 Å². The van der Waals surface area contributed by atoms with Gasteiger partial charge in [0, 0.05) is 5.69 Å². The van der Waals surface area contributed by atoms with Crippen LogP contribution in [0.2, 0.25) is 0 Å². The number of aryl methyl sites for hydroxylation is 1. The summed E-state index contributed by atoms with van der Waals surface area (Å²) >= 11 is 1.56. The molecule has 134 valence electrons. The van der Waals surface area contributed by atoms with Crippen LogP contribution in [0, 0.1) is 6.92 Å². The average molecular weight is 379 g/mol. The number of carbonyl (C=O) groups excluding carboxylic acids is 1. The molecular weight excluding hydrogens is 356 g/mol. The Morgan fingerprint density at radius 2 is 1.72 bits per heavy atom. The zero-order chi connectivity index (χ0) is 18.3. The van der Waals surface area contributed by atoms with Gasteiger partial charge in [0.15, 0.2) is 0 Å². The summed E-state index contributed by atoms with van der Waals surface area (Å²) in [5.41, 5.74) is 1.61. The number of hydrogen-bond acceptors (Lipinski definition) is 4. The molecule has 25 heavy (non-hydrogen) atoms. The zero-order valence-electron chi connectivity index (χ0n) is 14.2. The summed E-state index contributed by atoms with van der Waals surface area (Å²) in [4.78, 5) is 12.7. The van der Waals surface area contributed by atoms with Gasteiger partial charge in [0.25, 0.3) is 0 Å². The predicted octanol–water partition coefficient (Wildman–Crippen LogP) is 3.03. The molecule has 1 atom stereocenters. The van der Waals surface area contributed by atoms with Gasteiger partial charge in [0.05, 0.1) is 4.90 Å². The van der Waals surface area contributed by atoms with Crippen LogP contribution >= 0.6 is 11.8 Å². The monoisotopic (exact) mass is 378 g/mol. The van der Waals surface area contributed by atoms with E-state index in [9.17, 15) is 13.2 Å². The predicted molar refractivity (Wildman–Crippen MR) is 103 cm³/mol. The lowest BCUT2D eigenvalue weighted by Crippen LogP contribution is -2.44. The van der Waals surface area contributed by atoms with E-state index in [-0.39, 0.29) is 10.8 Å². The molecular formula is C18H22N2O3S2. The molecule has 0 aromatic heterocycles. The molecule has 0 aliphatic rings. The maximum atomic E-state index is 12.6. The van der Waals surface area contributed by atoms with Gasteiger partial charge in [0.1, 0.15) is 6.04 Å². The number of amides is 1. The molecule has 0 aliphatic carbocycles. The minimum atomic E-state index is -3.76. The molecule has 2 aromatic rings. The van der Waals surface area contributed by atoms with E-state index in [1.807, 2.05) is 31.4 Å². The second-order valence-corrected chi connectivity index (χ2v) is 8.32. The minimum absolute atomic E-state index is 0.153. The summed E-state index contributed by atoms with van der Waals surface area (Å²) in [7, 11) is -3.76. The number of para-hydroxylation sites is 1. The number of nitrogens with one attached hydrogen (secondary N) is 2. The van der Waals surface area contributed by atoms with Crippen molar-refractivity contribution in [3.63, 3.8) is 0 Å². The Hall–Kier alpha value is -1.83. The van der Waals surface area contributed by atoms with Crippen molar-refractivity contribution in [2.24, 2.45) is 0 Å². The average Bonchev–Trinajstić information content (AvgIpc) is 2.59. The number of sulfonamides is 1. The molecule has 0 bridgehead atoms. The van der Waals surface area contributed by atoms with Crippen LogP contribution in [-0.2, 0) is 14.8 Å². The van der Waals surface area contributed by atoms with Gasteiger partial charge < -0.3 is 5.32 Å². The first-order chi connectivity index (χ1) is 11.9. The fourth-order valence-electron chi connectivity index (χ4n) is 2.20. The van der Waals surface area contributed by atoms with Crippen LogP contribution in [0.5, 0.6) is 0 Å². The van der Waals surface area contributed by atoms with E-state index in [1.54, 1.807) is 48.2 Å². The summed E-state index contributed by atoms with van der Waals surface area (Å²) in [5, 5.41) is 2.76. The van der Waals surface area contributed by atoms with E-state index in [0.717, 1.165) is 5.56 Å². The van der Waals surface area contributed by atoms with Gasteiger partial charge in [-0.3, -0.25) is 4.79 Å². The van der Waals surface area contributed by atoms with Crippen LogP contribution in [-0.4, -0.2) is 32.4 Å². The fourth-order valence-corrected chi connectivity index (χ4v) is 3.90. The van der Waals surface area contributed by atoms with Crippen molar-refractivity contribution in [1.82, 2.24) is 4.72 Å². The van der Waals surface area contributed by atoms with Gasteiger partial charge in [-0.25, -0.2) is 8.42 Å². The third kappa shape index (κ3) is 5.88. The molecule has 0 unspecified atom stereocenters. The second kappa shape index (κ2) is 9.03. The van der Waals surface area contributed by atoms with Crippen LogP contribution < -0.4 is 10.0 Å². The van der Waals surface area contributed by atoms with E-state index in [2.05, 4.69) is 10.0 Å². The molecule has 0 aliphatic heterocycles. The number of anilines is 1. The first-order valence-corrected chi connectivity index (χ1v) is 10.7. The summed E-state index contributed by atoms with van der Waals surface area (Å²) < 4.78 is 27.7. The summed E-state index contributed by atoms with van der Waals surface area (Å²) in [6, 6.07) is 14.7. The minimum Gasteiger partial charge on any atom is -0.325 e. The molecule has 0 saturated carbocycles. The van der Waals surface area contributed by atoms with Crippen molar-refractivity contribution in [1.29, 1.82) is 0 Å². The second-order valence-electron chi connectivity index (χ2n) is 5.62. The van der Waals surface area contributed by atoms with Crippen molar-refractivity contribution in [2.45, 2.75) is 24.3 Å². The van der Waals surface area contributed by atoms with Gasteiger partial charge in [-0.2, -0.15) is 16.5 Å². The van der Waals surface area contributed by atoms with Gasteiger partial charge in [-0.05, 0) is 49.6 Å². The summed E-state index contributed by atoms with van der Waals surface area (Å²) in [5.74, 6) is 0.305. The standard InChI is InChI=1S/C18H22N2O3S2/c1-14-8-10-16(11-9-14)25(22,23)20-17(12-13-24-2)18(21)19-15-6-4-3-5-7-15/h3-11,17,20H,12-13H2,1-2H3,(H,19,21)/t17-/m1/s1. The topological polar surface area (TPSA) is 75.3 Å². The van der Waals surface area contributed by atoms with Crippen LogP contribution in [0.4, 0.5) is 5.69 Å². The molecule has 0 radical (unpaired) electrons. The van der Waals surface area contributed by atoms with Crippen molar-refractivity contribution >= 4 is 33.4 Å². The van der Waals surface area contributed by atoms with Crippen LogP contribution in [0.25, 0.3) is 0 Å². The quantitative estimate of drug-likeness (QED) is 0.740. The Labute approximate surface area is 153 Å².